The molecule has 0 saturated carbocycles. The lowest BCUT2D eigenvalue weighted by atomic mass is 9.98. The number of likely N-dealkylation sites (tertiary alicyclic amines) is 1. The third-order valence-corrected chi connectivity index (χ3v) is 5.04. The fraction of sp³-hybridized carbons (Fsp3) is 0.421. The summed E-state index contributed by atoms with van der Waals surface area (Å²) in [6.45, 7) is 3.49. The number of nitrogens with zero attached hydrogens (tertiary/aromatic N) is 4. The molecule has 1 atom stereocenters. The minimum absolute atomic E-state index is 0.724. The molecule has 1 fully saturated rings. The van der Waals surface area contributed by atoms with Crippen LogP contribution in [0.15, 0.2) is 42.9 Å². The van der Waals surface area contributed by atoms with Crippen molar-refractivity contribution >= 4 is 10.9 Å². The van der Waals surface area contributed by atoms with Crippen molar-refractivity contribution in [1.29, 1.82) is 0 Å². The van der Waals surface area contributed by atoms with Gasteiger partial charge in [0.15, 0.2) is 0 Å². The Bertz CT molecular complexity index is 814. The van der Waals surface area contributed by atoms with Crippen LogP contribution in [0.5, 0.6) is 0 Å². The first-order valence-corrected chi connectivity index (χ1v) is 8.46. The minimum atomic E-state index is 0.724. The van der Waals surface area contributed by atoms with Crippen LogP contribution < -0.4 is 0 Å². The van der Waals surface area contributed by atoms with Gasteiger partial charge < -0.3 is 14.0 Å². The van der Waals surface area contributed by atoms with E-state index in [1.165, 1.54) is 42.4 Å². The van der Waals surface area contributed by atoms with Crippen molar-refractivity contribution in [2.75, 3.05) is 20.1 Å². The summed E-state index contributed by atoms with van der Waals surface area (Å²) < 4.78 is 4.48. The number of imidazole rings is 1. The van der Waals surface area contributed by atoms with Crippen molar-refractivity contribution in [3.8, 4) is 11.4 Å². The second-order valence-electron chi connectivity index (χ2n) is 6.87. The van der Waals surface area contributed by atoms with E-state index in [0.717, 1.165) is 18.3 Å². The Balaban J connectivity index is 1.62. The van der Waals surface area contributed by atoms with Crippen LogP contribution in [0.3, 0.4) is 0 Å². The van der Waals surface area contributed by atoms with E-state index in [0.29, 0.717) is 0 Å². The number of rotatable bonds is 3. The average Bonchev–Trinajstić information content (AvgIpc) is 3.14. The number of benzene rings is 1. The zero-order valence-electron chi connectivity index (χ0n) is 13.9. The van der Waals surface area contributed by atoms with Crippen LogP contribution in [0.4, 0.5) is 0 Å². The quantitative estimate of drug-likeness (QED) is 0.741. The molecular weight excluding hydrogens is 284 g/mol. The number of aryl methyl sites for hydroxylation is 1. The van der Waals surface area contributed by atoms with Gasteiger partial charge in [0.1, 0.15) is 5.82 Å². The summed E-state index contributed by atoms with van der Waals surface area (Å²) in [7, 11) is 4.31. The third-order valence-electron chi connectivity index (χ3n) is 5.04. The Labute approximate surface area is 137 Å². The van der Waals surface area contributed by atoms with Gasteiger partial charge in [-0.05, 0) is 56.6 Å². The van der Waals surface area contributed by atoms with Crippen LogP contribution in [0.25, 0.3) is 22.3 Å². The third kappa shape index (κ3) is 2.79. The van der Waals surface area contributed by atoms with Gasteiger partial charge in [0, 0.05) is 55.2 Å². The highest BCUT2D eigenvalue weighted by molar-refractivity contribution is 5.84. The summed E-state index contributed by atoms with van der Waals surface area (Å²) in [4.78, 5) is 7.07. The molecule has 0 aliphatic carbocycles. The summed E-state index contributed by atoms with van der Waals surface area (Å²) in [6, 6.07) is 8.80. The maximum atomic E-state index is 4.63. The fourth-order valence-electron chi connectivity index (χ4n) is 3.84. The molecule has 0 bridgehead atoms. The van der Waals surface area contributed by atoms with Crippen LogP contribution in [0.1, 0.15) is 12.8 Å². The molecule has 120 valence electrons. The van der Waals surface area contributed by atoms with Crippen LogP contribution in [0.2, 0.25) is 0 Å². The summed E-state index contributed by atoms with van der Waals surface area (Å²) in [5, 5.41) is 1.27. The Morgan fingerprint density at radius 1 is 1.17 bits per heavy atom. The first kappa shape index (κ1) is 14.5. The predicted molar refractivity (Wildman–Crippen MR) is 94.4 cm³/mol. The van der Waals surface area contributed by atoms with Gasteiger partial charge in [0.2, 0.25) is 0 Å². The van der Waals surface area contributed by atoms with Crippen LogP contribution >= 0.6 is 0 Å². The van der Waals surface area contributed by atoms with Crippen molar-refractivity contribution in [1.82, 2.24) is 19.0 Å². The topological polar surface area (TPSA) is 26.0 Å². The van der Waals surface area contributed by atoms with Crippen molar-refractivity contribution in [2.45, 2.75) is 19.4 Å². The summed E-state index contributed by atoms with van der Waals surface area (Å²) in [5.41, 5.74) is 2.47. The Morgan fingerprint density at radius 2 is 2.09 bits per heavy atom. The molecule has 2 aromatic heterocycles. The van der Waals surface area contributed by atoms with E-state index < -0.39 is 0 Å². The molecule has 1 aliphatic rings. The van der Waals surface area contributed by atoms with E-state index >= 15 is 0 Å². The molecule has 4 nitrogen and oxygen atoms in total. The molecule has 1 aliphatic heterocycles. The van der Waals surface area contributed by atoms with Gasteiger partial charge in [-0.3, -0.25) is 0 Å². The SMILES string of the molecule is CN1CCCC(Cn2ccnc2-c2ccc3c(ccn3C)c2)C1. The van der Waals surface area contributed by atoms with Gasteiger partial charge in [-0.15, -0.1) is 0 Å². The normalized spacial score (nSPS) is 19.5. The first-order valence-electron chi connectivity index (χ1n) is 8.46. The average molecular weight is 308 g/mol. The number of aromatic nitrogens is 3. The second-order valence-corrected chi connectivity index (χ2v) is 6.87. The number of hydrogen-bond acceptors (Lipinski definition) is 2. The second kappa shape index (κ2) is 5.85. The molecule has 1 unspecified atom stereocenters. The zero-order chi connectivity index (χ0) is 15.8. The van der Waals surface area contributed by atoms with Gasteiger partial charge in [-0.1, -0.05) is 0 Å². The van der Waals surface area contributed by atoms with E-state index in [-0.39, 0.29) is 0 Å². The molecule has 0 amide bonds. The number of hydrogen-bond donors (Lipinski definition) is 0. The van der Waals surface area contributed by atoms with Gasteiger partial charge >= 0.3 is 0 Å². The predicted octanol–water partition coefficient (Wildman–Crippen LogP) is 3.38. The molecule has 0 radical (unpaired) electrons. The highest BCUT2D eigenvalue weighted by Gasteiger charge is 2.19. The molecule has 4 rings (SSSR count). The molecular formula is C19H24N4. The van der Waals surface area contributed by atoms with E-state index in [4.69, 9.17) is 0 Å². The lowest BCUT2D eigenvalue weighted by molar-refractivity contribution is 0.195. The number of piperidine rings is 1. The van der Waals surface area contributed by atoms with Crippen molar-refractivity contribution in [3.63, 3.8) is 0 Å². The van der Waals surface area contributed by atoms with E-state index in [2.05, 4.69) is 69.8 Å². The Kier molecular flexibility index (Phi) is 3.69. The standard InChI is InChI=1S/C19H24N4/c1-21-9-3-4-15(13-21)14-23-11-8-20-19(23)17-5-6-18-16(12-17)7-10-22(18)2/h5-8,10-12,15H,3-4,9,13-14H2,1-2H3. The van der Waals surface area contributed by atoms with Gasteiger partial charge in [-0.2, -0.15) is 0 Å². The summed E-state index contributed by atoms with van der Waals surface area (Å²) in [6.07, 6.45) is 8.79. The maximum absolute atomic E-state index is 4.63. The first-order chi connectivity index (χ1) is 11.2. The van der Waals surface area contributed by atoms with Crippen LogP contribution in [-0.4, -0.2) is 39.2 Å². The molecule has 1 saturated heterocycles. The summed E-state index contributed by atoms with van der Waals surface area (Å²) >= 11 is 0. The van der Waals surface area contributed by atoms with Crippen LogP contribution in [0, 0.1) is 5.92 Å². The Hall–Kier alpha value is -2.07. The molecule has 0 spiro atoms. The minimum Gasteiger partial charge on any atom is -0.351 e. The highest BCUT2D eigenvalue weighted by atomic mass is 15.1. The zero-order valence-corrected chi connectivity index (χ0v) is 13.9. The lowest BCUT2D eigenvalue weighted by Gasteiger charge is -2.30. The summed E-state index contributed by atoms with van der Waals surface area (Å²) in [5.74, 6) is 1.81. The van der Waals surface area contributed by atoms with Gasteiger partial charge in [0.05, 0.1) is 0 Å². The molecule has 4 heteroatoms. The monoisotopic (exact) mass is 308 g/mol. The lowest BCUT2D eigenvalue weighted by Crippen LogP contribution is -2.34. The molecule has 0 N–H and O–H groups in total. The number of fused-ring (bicyclic) bond motifs is 1. The van der Waals surface area contributed by atoms with E-state index in [1.54, 1.807) is 0 Å². The fourth-order valence-corrected chi connectivity index (χ4v) is 3.84. The van der Waals surface area contributed by atoms with Crippen molar-refractivity contribution in [2.24, 2.45) is 13.0 Å². The largest absolute Gasteiger partial charge is 0.351 e. The van der Waals surface area contributed by atoms with Gasteiger partial charge in [-0.25, -0.2) is 4.98 Å². The van der Waals surface area contributed by atoms with Crippen LogP contribution in [-0.2, 0) is 13.6 Å². The highest BCUT2D eigenvalue weighted by Crippen LogP contribution is 2.25. The molecule has 23 heavy (non-hydrogen) atoms. The maximum Gasteiger partial charge on any atom is 0.139 e. The molecule has 3 heterocycles. The van der Waals surface area contributed by atoms with E-state index in [1.807, 2.05) is 6.20 Å². The molecule has 1 aromatic carbocycles. The molecule has 3 aromatic rings. The van der Waals surface area contributed by atoms with Gasteiger partial charge in [0.25, 0.3) is 0 Å². The van der Waals surface area contributed by atoms with Crippen molar-refractivity contribution < 1.29 is 0 Å². The van der Waals surface area contributed by atoms with Crippen molar-refractivity contribution in [3.05, 3.63) is 42.9 Å². The van der Waals surface area contributed by atoms with E-state index in [9.17, 15) is 0 Å². The Morgan fingerprint density at radius 3 is 2.96 bits per heavy atom. The smallest absolute Gasteiger partial charge is 0.139 e.